The zero-order chi connectivity index (χ0) is 43.0. The van der Waals surface area contributed by atoms with Crippen molar-refractivity contribution < 1.29 is 0 Å². The van der Waals surface area contributed by atoms with E-state index in [2.05, 4.69) is 219 Å². The molecule has 3 aliphatic carbocycles. The molecule has 0 aliphatic heterocycles. The Labute approximate surface area is 378 Å². The van der Waals surface area contributed by atoms with Crippen molar-refractivity contribution in [1.29, 1.82) is 0 Å². The first kappa shape index (κ1) is 36.2. The molecule has 0 radical (unpaired) electrons. The highest BCUT2D eigenvalue weighted by molar-refractivity contribution is 6.25. The van der Waals surface area contributed by atoms with Crippen LogP contribution in [0, 0.1) is 0 Å². The molecule has 0 saturated heterocycles. The number of hydrogen-bond acceptors (Lipinski definition) is 0. The van der Waals surface area contributed by atoms with Crippen molar-refractivity contribution >= 4 is 44.5 Å². The molecule has 0 heteroatoms. The fourth-order valence-electron chi connectivity index (χ4n) is 12.5. The molecular weight excluding hydrogens is 781 g/mol. The molecule has 0 nitrogen and oxygen atoms in total. The average molecular weight is 821 g/mol. The molecular formula is C65H40. The van der Waals surface area contributed by atoms with Gasteiger partial charge in [-0.1, -0.05) is 213 Å². The fraction of sp³-hybridized carbons (Fsp3) is 0.0154. The lowest BCUT2D eigenvalue weighted by Crippen LogP contribution is -2.25. The second-order valence-corrected chi connectivity index (χ2v) is 17.9. The summed E-state index contributed by atoms with van der Waals surface area (Å²) < 4.78 is 0. The molecule has 0 saturated carbocycles. The van der Waals surface area contributed by atoms with Gasteiger partial charge in [-0.25, -0.2) is 0 Å². The Hall–Kier alpha value is -8.32. The van der Waals surface area contributed by atoms with E-state index in [0.717, 1.165) is 11.1 Å². The smallest absolute Gasteiger partial charge is 0.0725 e. The highest BCUT2D eigenvalue weighted by atomic mass is 14.5. The number of rotatable bonds is 5. The molecule has 11 aromatic rings. The van der Waals surface area contributed by atoms with Gasteiger partial charge in [0.15, 0.2) is 0 Å². The second-order valence-electron chi connectivity index (χ2n) is 17.9. The largest absolute Gasteiger partial charge is 0.0984 e. The van der Waals surface area contributed by atoms with Gasteiger partial charge in [-0.15, -0.1) is 0 Å². The molecule has 0 aromatic heterocycles. The summed E-state index contributed by atoms with van der Waals surface area (Å²) >= 11 is 0. The minimum absolute atomic E-state index is 0.429. The first-order chi connectivity index (χ1) is 32.2. The summed E-state index contributed by atoms with van der Waals surface area (Å²) in [5.74, 6) is 0. The standard InChI is InChI=1S/C65H40/c1-3-45-46(4-2)60(41-21-9-6-10-22-41)64-53-34-33-47(51-26-17-27-52(61(51)53)63(64)59(45)40-19-7-5-8-20-40)43-31-30-42-37-54-58(38-44(42)36-43)65(57-35-32-39-18-11-12-23-48(39)62(54)57)55-28-15-13-24-49(55)50-25-14-16-29-56(50)65/h3-38H,1-2H2. The van der Waals surface area contributed by atoms with Crippen LogP contribution in [0.25, 0.3) is 122 Å². The maximum absolute atomic E-state index is 4.41. The van der Waals surface area contributed by atoms with Crippen molar-refractivity contribution in [3.63, 3.8) is 0 Å². The van der Waals surface area contributed by atoms with Gasteiger partial charge >= 0.3 is 0 Å². The van der Waals surface area contributed by atoms with E-state index >= 15 is 0 Å². The van der Waals surface area contributed by atoms with Gasteiger partial charge in [0.05, 0.1) is 5.41 Å². The molecule has 3 aliphatic rings. The third-order valence-corrected chi connectivity index (χ3v) is 14.9. The Kier molecular flexibility index (Phi) is 7.43. The van der Waals surface area contributed by atoms with Gasteiger partial charge in [0.25, 0.3) is 0 Å². The molecule has 1 spiro atoms. The van der Waals surface area contributed by atoms with E-state index in [9.17, 15) is 0 Å². The van der Waals surface area contributed by atoms with Crippen LogP contribution in [0.4, 0.5) is 0 Å². The van der Waals surface area contributed by atoms with E-state index in [0.29, 0.717) is 0 Å². The first-order valence-corrected chi connectivity index (χ1v) is 22.7. The maximum atomic E-state index is 4.41. The van der Waals surface area contributed by atoms with Crippen molar-refractivity contribution in [2.75, 3.05) is 0 Å². The summed E-state index contributed by atoms with van der Waals surface area (Å²) in [5.41, 5.74) is 24.8. The van der Waals surface area contributed by atoms with Crippen molar-refractivity contribution in [1.82, 2.24) is 0 Å². The third-order valence-electron chi connectivity index (χ3n) is 14.9. The van der Waals surface area contributed by atoms with E-state index in [1.54, 1.807) is 0 Å². The van der Waals surface area contributed by atoms with Gasteiger partial charge in [-0.05, 0) is 162 Å². The van der Waals surface area contributed by atoms with E-state index < -0.39 is 5.41 Å². The Morgan fingerprint density at radius 1 is 0.292 bits per heavy atom. The van der Waals surface area contributed by atoms with Crippen LogP contribution >= 0.6 is 0 Å². The molecule has 65 heavy (non-hydrogen) atoms. The Morgan fingerprint density at radius 2 is 0.846 bits per heavy atom. The molecule has 0 amide bonds. The van der Waals surface area contributed by atoms with Gasteiger partial charge in [0, 0.05) is 0 Å². The van der Waals surface area contributed by atoms with E-state index in [4.69, 9.17) is 0 Å². The van der Waals surface area contributed by atoms with Crippen LogP contribution in [0.15, 0.2) is 219 Å². The lowest BCUT2D eigenvalue weighted by molar-refractivity contribution is 0.795. The third kappa shape index (κ3) is 4.65. The summed E-state index contributed by atoms with van der Waals surface area (Å²) in [6, 6.07) is 77.3. The number of fused-ring (bicyclic) bond motifs is 16. The monoisotopic (exact) mass is 820 g/mol. The zero-order valence-corrected chi connectivity index (χ0v) is 35.7. The molecule has 0 unspecified atom stereocenters. The quantitative estimate of drug-likeness (QED) is 0.162. The van der Waals surface area contributed by atoms with Gasteiger partial charge < -0.3 is 0 Å². The van der Waals surface area contributed by atoms with Crippen LogP contribution in [0.3, 0.4) is 0 Å². The normalized spacial score (nSPS) is 13.2. The average Bonchev–Trinajstić information content (AvgIpc) is 3.97. The lowest BCUT2D eigenvalue weighted by atomic mass is 9.70. The summed E-state index contributed by atoms with van der Waals surface area (Å²) in [5, 5.41) is 7.61. The Balaban J connectivity index is 1.03. The van der Waals surface area contributed by atoms with Crippen LogP contribution < -0.4 is 0 Å². The molecule has 300 valence electrons. The van der Waals surface area contributed by atoms with Crippen molar-refractivity contribution in [2.24, 2.45) is 0 Å². The zero-order valence-electron chi connectivity index (χ0n) is 35.7. The molecule has 11 aromatic carbocycles. The van der Waals surface area contributed by atoms with Crippen LogP contribution in [-0.4, -0.2) is 0 Å². The van der Waals surface area contributed by atoms with E-state index in [-0.39, 0.29) is 0 Å². The first-order valence-electron chi connectivity index (χ1n) is 22.7. The van der Waals surface area contributed by atoms with Crippen LogP contribution in [-0.2, 0) is 5.41 Å². The summed E-state index contributed by atoms with van der Waals surface area (Å²) in [7, 11) is 0. The highest BCUT2D eigenvalue weighted by Gasteiger charge is 2.52. The van der Waals surface area contributed by atoms with Crippen molar-refractivity contribution in [2.45, 2.75) is 5.41 Å². The van der Waals surface area contributed by atoms with Crippen molar-refractivity contribution in [3.8, 4) is 77.9 Å². The van der Waals surface area contributed by atoms with Gasteiger partial charge in [0.1, 0.15) is 0 Å². The molecule has 0 atom stereocenters. The second kappa shape index (κ2) is 13.3. The minimum atomic E-state index is -0.429. The summed E-state index contributed by atoms with van der Waals surface area (Å²) in [4.78, 5) is 0. The Morgan fingerprint density at radius 3 is 1.52 bits per heavy atom. The van der Waals surface area contributed by atoms with Crippen molar-refractivity contribution in [3.05, 3.63) is 253 Å². The number of benzene rings is 11. The number of hydrogen-bond donors (Lipinski definition) is 0. The van der Waals surface area contributed by atoms with E-state index in [1.807, 2.05) is 12.2 Å². The molecule has 0 N–H and O–H groups in total. The molecule has 0 fully saturated rings. The van der Waals surface area contributed by atoms with Gasteiger partial charge in [-0.3, -0.25) is 0 Å². The maximum Gasteiger partial charge on any atom is 0.0725 e. The van der Waals surface area contributed by atoms with Crippen LogP contribution in [0.1, 0.15) is 33.4 Å². The Bertz CT molecular complexity index is 3770. The van der Waals surface area contributed by atoms with Gasteiger partial charge in [-0.2, -0.15) is 0 Å². The molecule has 0 heterocycles. The van der Waals surface area contributed by atoms with Crippen LogP contribution in [0.2, 0.25) is 0 Å². The minimum Gasteiger partial charge on any atom is -0.0984 e. The molecule has 0 bridgehead atoms. The predicted octanol–water partition coefficient (Wildman–Crippen LogP) is 17.4. The summed E-state index contributed by atoms with van der Waals surface area (Å²) in [6.45, 7) is 8.81. The fourth-order valence-corrected chi connectivity index (χ4v) is 12.5. The van der Waals surface area contributed by atoms with Gasteiger partial charge in [0.2, 0.25) is 0 Å². The highest BCUT2D eigenvalue weighted by Crippen LogP contribution is 2.64. The predicted molar refractivity (Wildman–Crippen MR) is 276 cm³/mol. The summed E-state index contributed by atoms with van der Waals surface area (Å²) in [6.07, 6.45) is 4.06. The lowest BCUT2D eigenvalue weighted by Gasteiger charge is -2.30. The topological polar surface area (TPSA) is 0 Å². The SMILES string of the molecule is C=Cc1c(C=C)c(-c2ccccc2)c2c(c1-c1ccccc1)-c1cccc3c(-c4ccc5cc6c(cc5c4)C4(c5ccccc5-c5ccccc54)c4ccc5ccccc5c4-6)ccc-2c13. The van der Waals surface area contributed by atoms with Crippen LogP contribution in [0.5, 0.6) is 0 Å². The van der Waals surface area contributed by atoms with E-state index in [1.165, 1.54) is 132 Å². The molecule has 14 rings (SSSR count).